The molecule has 4 atom stereocenters. The van der Waals surface area contributed by atoms with E-state index < -0.39 is 54.3 Å². The number of carbonyl (C=O) groups is 5. The van der Waals surface area contributed by atoms with Gasteiger partial charge in [0.1, 0.15) is 12.1 Å². The maximum absolute atomic E-state index is 12.4. The highest BCUT2D eigenvalue weighted by Gasteiger charge is 2.27. The lowest BCUT2D eigenvalue weighted by Gasteiger charge is -2.22. The molecule has 0 saturated carbocycles. The van der Waals surface area contributed by atoms with E-state index in [4.69, 9.17) is 11.5 Å². The average Bonchev–Trinajstić information content (AvgIpc) is 2.70. The normalized spacial score (nSPS) is 14.7. The Morgan fingerprint density at radius 2 is 1.70 bits per heavy atom. The highest BCUT2D eigenvalue weighted by Crippen LogP contribution is 2.07. The number of nitrogens with one attached hydrogen (secondary N) is 3. The Morgan fingerprint density at radius 1 is 1.07 bits per heavy atom. The first-order valence-electron chi connectivity index (χ1n) is 9.66. The zero-order chi connectivity index (χ0) is 23.3. The zero-order valence-electron chi connectivity index (χ0n) is 17.6. The van der Waals surface area contributed by atoms with Crippen molar-refractivity contribution in [3.05, 3.63) is 0 Å². The van der Waals surface area contributed by atoms with Gasteiger partial charge in [-0.25, -0.2) is 4.79 Å². The van der Waals surface area contributed by atoms with Gasteiger partial charge in [0.05, 0.1) is 12.6 Å². The van der Waals surface area contributed by atoms with E-state index in [2.05, 4.69) is 16.0 Å². The Labute approximate surface area is 180 Å². The number of carbonyl (C=O) groups excluding carboxylic acids is 4. The van der Waals surface area contributed by atoms with Crippen molar-refractivity contribution in [2.75, 3.05) is 18.6 Å². The van der Waals surface area contributed by atoms with Gasteiger partial charge in [0.2, 0.25) is 23.6 Å². The van der Waals surface area contributed by atoms with Crippen molar-refractivity contribution in [1.29, 1.82) is 0 Å². The highest BCUT2D eigenvalue weighted by molar-refractivity contribution is 7.98. The van der Waals surface area contributed by atoms with Crippen LogP contribution in [0.3, 0.4) is 0 Å². The molecule has 30 heavy (non-hydrogen) atoms. The molecule has 0 aromatic heterocycles. The van der Waals surface area contributed by atoms with Gasteiger partial charge in [-0.15, -0.1) is 0 Å². The van der Waals surface area contributed by atoms with E-state index >= 15 is 0 Å². The molecule has 4 unspecified atom stereocenters. The lowest BCUT2D eigenvalue weighted by Crippen LogP contribution is -2.54. The van der Waals surface area contributed by atoms with Crippen LogP contribution in [0.25, 0.3) is 0 Å². The van der Waals surface area contributed by atoms with Crippen LogP contribution in [0.2, 0.25) is 0 Å². The molecule has 0 aromatic rings. The molecule has 172 valence electrons. The van der Waals surface area contributed by atoms with Crippen molar-refractivity contribution in [2.24, 2.45) is 17.4 Å². The molecule has 0 fully saturated rings. The Bertz CT molecular complexity index is 618. The van der Waals surface area contributed by atoms with Crippen molar-refractivity contribution in [1.82, 2.24) is 16.0 Å². The Kier molecular flexibility index (Phi) is 13.5. The average molecular weight is 448 g/mol. The van der Waals surface area contributed by atoms with Crippen molar-refractivity contribution in [3.8, 4) is 0 Å². The van der Waals surface area contributed by atoms with Crippen LogP contribution in [0.5, 0.6) is 0 Å². The van der Waals surface area contributed by atoms with Crippen molar-refractivity contribution in [2.45, 2.75) is 57.7 Å². The molecule has 11 nitrogen and oxygen atoms in total. The molecule has 0 spiro atoms. The van der Waals surface area contributed by atoms with Crippen LogP contribution in [0.15, 0.2) is 0 Å². The van der Waals surface area contributed by atoms with Gasteiger partial charge in [-0.1, -0.05) is 20.3 Å². The summed E-state index contributed by atoms with van der Waals surface area (Å²) in [6, 6.07) is -2.99. The van der Waals surface area contributed by atoms with Gasteiger partial charge in [-0.2, -0.15) is 11.8 Å². The molecule has 0 heterocycles. The number of carboxylic acid groups (broad SMARTS) is 1. The lowest BCUT2D eigenvalue weighted by atomic mass is 9.99. The van der Waals surface area contributed by atoms with E-state index in [1.807, 2.05) is 13.2 Å². The maximum Gasteiger partial charge on any atom is 0.326 e. The molecule has 0 rings (SSSR count). The summed E-state index contributed by atoms with van der Waals surface area (Å²) in [6.07, 6.45) is 2.68. The second-order valence-electron chi connectivity index (χ2n) is 6.94. The first-order valence-corrected chi connectivity index (χ1v) is 11.1. The molecule has 0 aliphatic carbocycles. The number of rotatable bonds is 15. The largest absolute Gasteiger partial charge is 0.480 e. The predicted molar refractivity (Wildman–Crippen MR) is 113 cm³/mol. The smallest absolute Gasteiger partial charge is 0.326 e. The third-order valence-corrected chi connectivity index (χ3v) is 5.14. The van der Waals surface area contributed by atoms with Crippen LogP contribution in [-0.2, 0) is 24.0 Å². The van der Waals surface area contributed by atoms with E-state index in [9.17, 15) is 29.1 Å². The third-order valence-electron chi connectivity index (χ3n) is 4.50. The number of carboxylic acids is 1. The van der Waals surface area contributed by atoms with E-state index in [1.54, 1.807) is 6.92 Å². The minimum atomic E-state index is -1.15. The molecular formula is C18H33N5O6S. The van der Waals surface area contributed by atoms with Gasteiger partial charge in [0, 0.05) is 6.42 Å². The molecule has 12 heteroatoms. The minimum absolute atomic E-state index is 0.0482. The standard InChI is InChI=1S/C18H33N5O6S/c1-4-10(2)15(18(28)29)23-14(25)9-21-17(27)12(7-8-30-3)22-16(26)11(19)5-6-13(20)24/h10-12,15H,4-9,19H2,1-3H3,(H2,20,24)(H,21,27)(H,22,26)(H,23,25)(H,28,29). The summed E-state index contributed by atoms with van der Waals surface area (Å²) < 4.78 is 0. The van der Waals surface area contributed by atoms with Gasteiger partial charge in [0.25, 0.3) is 0 Å². The second kappa shape index (κ2) is 14.6. The third kappa shape index (κ3) is 11.0. The molecule has 0 radical (unpaired) electrons. The summed E-state index contributed by atoms with van der Waals surface area (Å²) in [5.74, 6) is -3.30. The van der Waals surface area contributed by atoms with Crippen LogP contribution in [0.4, 0.5) is 0 Å². The number of primary amides is 1. The van der Waals surface area contributed by atoms with Gasteiger partial charge in [-0.3, -0.25) is 19.2 Å². The summed E-state index contributed by atoms with van der Waals surface area (Å²) in [5.41, 5.74) is 10.7. The molecule has 8 N–H and O–H groups in total. The monoisotopic (exact) mass is 447 g/mol. The van der Waals surface area contributed by atoms with E-state index in [1.165, 1.54) is 11.8 Å². The van der Waals surface area contributed by atoms with Crippen LogP contribution in [0, 0.1) is 5.92 Å². The molecule has 4 amide bonds. The summed E-state index contributed by atoms with van der Waals surface area (Å²) >= 11 is 1.47. The highest BCUT2D eigenvalue weighted by atomic mass is 32.2. The topological polar surface area (TPSA) is 194 Å². The van der Waals surface area contributed by atoms with Crippen LogP contribution in [-0.4, -0.2) is 71.4 Å². The Balaban J connectivity index is 4.82. The van der Waals surface area contributed by atoms with Crippen LogP contribution < -0.4 is 27.4 Å². The van der Waals surface area contributed by atoms with Gasteiger partial charge in [-0.05, 0) is 30.8 Å². The van der Waals surface area contributed by atoms with Crippen molar-refractivity contribution < 1.29 is 29.1 Å². The molecule has 0 saturated heterocycles. The Morgan fingerprint density at radius 3 is 2.20 bits per heavy atom. The lowest BCUT2D eigenvalue weighted by molar-refractivity contribution is -0.143. The van der Waals surface area contributed by atoms with Gasteiger partial charge < -0.3 is 32.5 Å². The SMILES string of the molecule is CCC(C)C(NC(=O)CNC(=O)C(CCSC)NC(=O)C(N)CCC(N)=O)C(=O)O. The number of nitrogens with two attached hydrogens (primary N) is 2. The molecule has 0 aliphatic heterocycles. The summed E-state index contributed by atoms with van der Waals surface area (Å²) in [6.45, 7) is 3.08. The summed E-state index contributed by atoms with van der Waals surface area (Å²) in [7, 11) is 0. The molecule has 0 aromatic carbocycles. The van der Waals surface area contributed by atoms with E-state index in [0.717, 1.165) is 0 Å². The molecule has 0 aliphatic rings. The van der Waals surface area contributed by atoms with Crippen LogP contribution in [0.1, 0.15) is 39.5 Å². The van der Waals surface area contributed by atoms with Crippen molar-refractivity contribution in [3.63, 3.8) is 0 Å². The Hall–Kier alpha value is -2.34. The summed E-state index contributed by atoms with van der Waals surface area (Å²) in [5, 5.41) is 16.5. The van der Waals surface area contributed by atoms with Gasteiger partial charge in [0.15, 0.2) is 0 Å². The van der Waals surface area contributed by atoms with E-state index in [-0.39, 0.29) is 18.8 Å². The molecule has 0 bridgehead atoms. The fourth-order valence-corrected chi connectivity index (χ4v) is 2.88. The second-order valence-corrected chi connectivity index (χ2v) is 7.93. The predicted octanol–water partition coefficient (Wildman–Crippen LogP) is -1.45. The number of amides is 4. The fraction of sp³-hybridized carbons (Fsp3) is 0.722. The zero-order valence-corrected chi connectivity index (χ0v) is 18.4. The first kappa shape index (κ1) is 27.7. The fourth-order valence-electron chi connectivity index (χ4n) is 2.41. The number of thioether (sulfide) groups is 1. The number of hydrogen-bond acceptors (Lipinski definition) is 7. The number of aliphatic carboxylic acids is 1. The van der Waals surface area contributed by atoms with Crippen molar-refractivity contribution >= 4 is 41.4 Å². The quantitative estimate of drug-likeness (QED) is 0.175. The minimum Gasteiger partial charge on any atom is -0.480 e. The van der Waals surface area contributed by atoms with Gasteiger partial charge >= 0.3 is 5.97 Å². The van der Waals surface area contributed by atoms with Crippen LogP contribution >= 0.6 is 11.8 Å². The first-order chi connectivity index (χ1) is 14.0. The maximum atomic E-state index is 12.4. The summed E-state index contributed by atoms with van der Waals surface area (Å²) in [4.78, 5) is 58.8. The molecular weight excluding hydrogens is 414 g/mol. The van der Waals surface area contributed by atoms with E-state index in [0.29, 0.717) is 18.6 Å². The number of hydrogen-bond donors (Lipinski definition) is 6.